The van der Waals surface area contributed by atoms with Crippen molar-refractivity contribution in [3.8, 4) is 5.75 Å². The number of phenolic OH excluding ortho intramolecular Hbond substituents is 1. The van der Waals surface area contributed by atoms with Crippen LogP contribution in [-0.4, -0.2) is 31.2 Å². The first-order valence-corrected chi connectivity index (χ1v) is 7.40. The van der Waals surface area contributed by atoms with E-state index in [1.54, 1.807) is 24.3 Å². The Morgan fingerprint density at radius 1 is 1.12 bits per heavy atom. The largest absolute Gasteiger partial charge is 0.505 e. The fraction of sp³-hybridized carbons (Fsp3) is 0.111. The van der Waals surface area contributed by atoms with Gasteiger partial charge in [0.2, 0.25) is 0 Å². The fourth-order valence-corrected chi connectivity index (χ4v) is 2.35. The van der Waals surface area contributed by atoms with E-state index >= 15 is 0 Å². The van der Waals surface area contributed by atoms with Crippen LogP contribution in [0.5, 0.6) is 5.75 Å². The molecule has 0 radical (unpaired) electrons. The molecule has 2 aromatic carbocycles. The minimum absolute atomic E-state index is 0. The molecule has 1 aliphatic rings. The number of halogens is 2. The van der Waals surface area contributed by atoms with Gasteiger partial charge in [0.25, 0.3) is 0 Å². The van der Waals surface area contributed by atoms with Crippen LogP contribution in [0.3, 0.4) is 0 Å². The van der Waals surface area contributed by atoms with E-state index in [4.69, 9.17) is 4.74 Å². The van der Waals surface area contributed by atoms with E-state index in [1.807, 2.05) is 19.0 Å². The number of carbonyl (C=O) groups is 2. The first-order valence-electron chi connectivity index (χ1n) is 7.40. The van der Waals surface area contributed by atoms with Crippen molar-refractivity contribution in [3.63, 3.8) is 0 Å². The molecule has 0 atom stereocenters. The van der Waals surface area contributed by atoms with Crippen LogP contribution in [0.2, 0.25) is 0 Å². The van der Waals surface area contributed by atoms with Gasteiger partial charge < -0.3 is 14.7 Å². The number of aromatic hydroxyl groups is 1. The molecule has 0 aliphatic carbocycles. The Labute approximate surface area is 155 Å². The highest BCUT2D eigenvalue weighted by Crippen LogP contribution is 2.28. The molecular weight excluding hydrogens is 363 g/mol. The maximum absolute atomic E-state index is 13.4. The summed E-state index contributed by atoms with van der Waals surface area (Å²) in [6, 6.07) is 10.4. The van der Waals surface area contributed by atoms with Crippen molar-refractivity contribution in [2.24, 2.45) is 0 Å². The van der Waals surface area contributed by atoms with Crippen LogP contribution in [0.4, 0.5) is 20.6 Å². The Balaban J connectivity index is 0.00000243. The number of hydrogen-bond acceptors (Lipinski definition) is 5. The van der Waals surface area contributed by atoms with Gasteiger partial charge in [-0.15, -0.1) is 12.4 Å². The Kier molecular flexibility index (Phi) is 5.52. The van der Waals surface area contributed by atoms with Crippen molar-refractivity contribution < 1.29 is 23.8 Å². The summed E-state index contributed by atoms with van der Waals surface area (Å²) < 4.78 is 18.4. The Bertz CT molecular complexity index is 881. The summed E-state index contributed by atoms with van der Waals surface area (Å²) in [5, 5.41) is 9.19. The quantitative estimate of drug-likeness (QED) is 0.827. The molecule has 1 heterocycles. The summed E-state index contributed by atoms with van der Waals surface area (Å²) in [5.41, 5.74) is 1.58. The third-order valence-corrected chi connectivity index (χ3v) is 3.69. The topological polar surface area (TPSA) is 70.1 Å². The molecule has 0 saturated carbocycles. The van der Waals surface area contributed by atoms with Crippen molar-refractivity contribution >= 4 is 41.9 Å². The average Bonchev–Trinajstić information content (AvgIpc) is 2.85. The predicted octanol–water partition coefficient (Wildman–Crippen LogP) is 3.54. The molecule has 0 unspecified atom stereocenters. The number of ether oxygens (including phenoxy) is 1. The number of amides is 2. The van der Waals surface area contributed by atoms with Crippen molar-refractivity contribution in [2.75, 3.05) is 23.9 Å². The van der Waals surface area contributed by atoms with Gasteiger partial charge in [0.05, 0.1) is 5.69 Å². The molecule has 1 N–H and O–H groups in total. The Hall–Kier alpha value is -3.06. The van der Waals surface area contributed by atoms with Gasteiger partial charge in [-0.2, -0.15) is 0 Å². The smallest absolute Gasteiger partial charge is 0.427 e. The summed E-state index contributed by atoms with van der Waals surface area (Å²) in [6.45, 7) is 0. The molecule has 6 nitrogen and oxygen atoms in total. The summed E-state index contributed by atoms with van der Waals surface area (Å²) in [4.78, 5) is 27.3. The van der Waals surface area contributed by atoms with Crippen molar-refractivity contribution in [1.29, 1.82) is 0 Å². The van der Waals surface area contributed by atoms with E-state index in [0.29, 0.717) is 5.69 Å². The van der Waals surface area contributed by atoms with E-state index in [1.165, 1.54) is 12.1 Å². The lowest BCUT2D eigenvalue weighted by Gasteiger charge is -2.15. The van der Waals surface area contributed by atoms with Gasteiger partial charge in [-0.25, -0.2) is 14.1 Å². The average molecular weight is 379 g/mol. The zero-order valence-electron chi connectivity index (χ0n) is 14.0. The Morgan fingerprint density at radius 2 is 1.77 bits per heavy atom. The normalized spacial score (nSPS) is 15.0. The minimum Gasteiger partial charge on any atom is -0.505 e. The monoisotopic (exact) mass is 378 g/mol. The molecule has 2 amide bonds. The molecular formula is C18H16ClFN2O4. The summed E-state index contributed by atoms with van der Waals surface area (Å²) in [5.74, 6) is -2.19. The van der Waals surface area contributed by atoms with Crippen LogP contribution in [0.25, 0.3) is 6.08 Å². The molecule has 3 rings (SSSR count). The van der Waals surface area contributed by atoms with Gasteiger partial charge in [0.15, 0.2) is 17.3 Å². The van der Waals surface area contributed by atoms with Crippen LogP contribution < -0.4 is 9.80 Å². The maximum atomic E-state index is 13.4. The lowest BCUT2D eigenvalue weighted by Crippen LogP contribution is -2.28. The highest BCUT2D eigenvalue weighted by molar-refractivity contribution is 6.24. The first-order chi connectivity index (χ1) is 11.9. The molecule has 0 spiro atoms. The molecule has 2 aromatic rings. The van der Waals surface area contributed by atoms with Crippen LogP contribution in [0.1, 0.15) is 5.56 Å². The molecule has 136 valence electrons. The number of rotatable bonds is 3. The standard InChI is InChI=1S/C18H15FN2O4.ClH/c1-20(2)12-4-6-13(7-5-12)21-17(23)16(25-18(21)24)10-11-3-8-15(22)14(19)9-11;/h3-10,22H,1-2H3;1H/b16-10-;. The second-order valence-corrected chi connectivity index (χ2v) is 5.64. The number of anilines is 2. The molecule has 0 bridgehead atoms. The molecule has 1 fully saturated rings. The lowest BCUT2D eigenvalue weighted by molar-refractivity contribution is -0.114. The van der Waals surface area contributed by atoms with Gasteiger partial charge in [0, 0.05) is 19.8 Å². The highest BCUT2D eigenvalue weighted by Gasteiger charge is 2.37. The number of phenols is 1. The minimum atomic E-state index is -0.831. The van der Waals surface area contributed by atoms with Gasteiger partial charge in [-0.1, -0.05) is 6.07 Å². The SMILES string of the molecule is CN(C)c1ccc(N2C(=O)O/C(=C\c3ccc(O)c(F)c3)C2=O)cc1.Cl. The van der Waals surface area contributed by atoms with E-state index in [0.717, 1.165) is 22.7 Å². The molecule has 8 heteroatoms. The third-order valence-electron chi connectivity index (χ3n) is 3.69. The van der Waals surface area contributed by atoms with Crippen molar-refractivity contribution in [1.82, 2.24) is 0 Å². The second kappa shape index (κ2) is 7.45. The van der Waals surface area contributed by atoms with Crippen LogP contribution in [0.15, 0.2) is 48.2 Å². The van der Waals surface area contributed by atoms with E-state index in [9.17, 15) is 19.1 Å². The van der Waals surface area contributed by atoms with Gasteiger partial charge in [-0.3, -0.25) is 4.79 Å². The van der Waals surface area contributed by atoms with Crippen molar-refractivity contribution in [3.05, 3.63) is 59.6 Å². The Morgan fingerprint density at radius 3 is 2.35 bits per heavy atom. The number of carbonyl (C=O) groups excluding carboxylic acids is 2. The van der Waals surface area contributed by atoms with Gasteiger partial charge >= 0.3 is 12.0 Å². The maximum Gasteiger partial charge on any atom is 0.427 e. The van der Waals surface area contributed by atoms with E-state index in [2.05, 4.69) is 0 Å². The predicted molar refractivity (Wildman–Crippen MR) is 98.0 cm³/mol. The summed E-state index contributed by atoms with van der Waals surface area (Å²) in [6.07, 6.45) is 0.421. The molecule has 1 aliphatic heterocycles. The number of imide groups is 1. The van der Waals surface area contributed by atoms with Crippen molar-refractivity contribution in [2.45, 2.75) is 0 Å². The zero-order chi connectivity index (χ0) is 18.1. The number of hydrogen-bond donors (Lipinski definition) is 1. The number of benzene rings is 2. The summed E-state index contributed by atoms with van der Waals surface area (Å²) >= 11 is 0. The third kappa shape index (κ3) is 3.62. The van der Waals surface area contributed by atoms with Crippen LogP contribution in [0, 0.1) is 5.82 Å². The van der Waals surface area contributed by atoms with Crippen LogP contribution >= 0.6 is 12.4 Å². The summed E-state index contributed by atoms with van der Waals surface area (Å²) in [7, 11) is 3.75. The lowest BCUT2D eigenvalue weighted by atomic mass is 10.2. The van der Waals surface area contributed by atoms with E-state index in [-0.39, 0.29) is 23.7 Å². The molecule has 1 saturated heterocycles. The first kappa shape index (κ1) is 19.3. The zero-order valence-corrected chi connectivity index (χ0v) is 14.8. The number of nitrogens with zero attached hydrogens (tertiary/aromatic N) is 2. The van der Waals surface area contributed by atoms with E-state index < -0.39 is 23.6 Å². The highest BCUT2D eigenvalue weighted by atomic mass is 35.5. The molecule has 0 aromatic heterocycles. The molecule has 26 heavy (non-hydrogen) atoms. The van der Waals surface area contributed by atoms with Gasteiger partial charge in [0.1, 0.15) is 0 Å². The fourth-order valence-electron chi connectivity index (χ4n) is 2.35. The van der Waals surface area contributed by atoms with Gasteiger partial charge in [-0.05, 0) is 48.0 Å². The number of cyclic esters (lactones) is 1. The second-order valence-electron chi connectivity index (χ2n) is 5.64. The van der Waals surface area contributed by atoms with Crippen LogP contribution in [-0.2, 0) is 9.53 Å².